The third kappa shape index (κ3) is 8.10. The molecule has 0 unspecified atom stereocenters. The second-order valence-electron chi connectivity index (χ2n) is 5.72. The summed E-state index contributed by atoms with van der Waals surface area (Å²) in [4.78, 5) is 0. The van der Waals surface area contributed by atoms with Crippen LogP contribution in [0.4, 0.5) is 0 Å². The first-order valence-corrected chi connectivity index (χ1v) is 8.14. The minimum atomic E-state index is 0.174. The van der Waals surface area contributed by atoms with Gasteiger partial charge in [0.05, 0.1) is 12.7 Å². The standard InChI is InChI=1S/C16H32O2/c1-2-3-4-5-6-7-8-9-10-11-12-13-15-16(14-17)18-15/h15-17H,2-14H2,1H3/t15-,16-/m1/s1. The molecular weight excluding hydrogens is 224 g/mol. The first-order valence-electron chi connectivity index (χ1n) is 8.14. The van der Waals surface area contributed by atoms with E-state index in [4.69, 9.17) is 9.84 Å². The largest absolute Gasteiger partial charge is 0.394 e. The fraction of sp³-hybridized carbons (Fsp3) is 1.00. The van der Waals surface area contributed by atoms with Crippen molar-refractivity contribution in [1.82, 2.24) is 0 Å². The molecule has 0 aromatic rings. The maximum atomic E-state index is 8.83. The molecule has 2 atom stereocenters. The van der Waals surface area contributed by atoms with E-state index >= 15 is 0 Å². The van der Waals surface area contributed by atoms with E-state index in [1.54, 1.807) is 0 Å². The van der Waals surface area contributed by atoms with Crippen molar-refractivity contribution >= 4 is 0 Å². The van der Waals surface area contributed by atoms with E-state index in [-0.39, 0.29) is 12.7 Å². The zero-order valence-electron chi connectivity index (χ0n) is 12.2. The maximum absolute atomic E-state index is 8.83. The average Bonchev–Trinajstić information content (AvgIpc) is 3.14. The number of hydrogen-bond donors (Lipinski definition) is 1. The zero-order valence-corrected chi connectivity index (χ0v) is 12.2. The van der Waals surface area contributed by atoms with Crippen LogP contribution in [-0.2, 0) is 4.74 Å². The van der Waals surface area contributed by atoms with Crippen LogP contribution in [0.5, 0.6) is 0 Å². The summed E-state index contributed by atoms with van der Waals surface area (Å²) in [6.07, 6.45) is 17.0. The average molecular weight is 256 g/mol. The smallest absolute Gasteiger partial charge is 0.107 e. The van der Waals surface area contributed by atoms with Crippen molar-refractivity contribution in [3.63, 3.8) is 0 Å². The Morgan fingerprint density at radius 3 is 1.67 bits per heavy atom. The van der Waals surface area contributed by atoms with Gasteiger partial charge in [-0.3, -0.25) is 0 Å². The monoisotopic (exact) mass is 256 g/mol. The first-order chi connectivity index (χ1) is 8.88. The van der Waals surface area contributed by atoms with Gasteiger partial charge >= 0.3 is 0 Å². The molecule has 1 fully saturated rings. The van der Waals surface area contributed by atoms with Gasteiger partial charge in [0.2, 0.25) is 0 Å². The molecule has 0 radical (unpaired) electrons. The Morgan fingerprint density at radius 1 is 0.722 bits per heavy atom. The van der Waals surface area contributed by atoms with Crippen LogP contribution in [0, 0.1) is 0 Å². The Bertz CT molecular complexity index is 182. The van der Waals surface area contributed by atoms with Crippen molar-refractivity contribution < 1.29 is 9.84 Å². The number of epoxide rings is 1. The number of hydrogen-bond acceptors (Lipinski definition) is 2. The molecule has 0 spiro atoms. The van der Waals surface area contributed by atoms with E-state index in [9.17, 15) is 0 Å². The van der Waals surface area contributed by atoms with Gasteiger partial charge in [-0.25, -0.2) is 0 Å². The number of aliphatic hydroxyl groups excluding tert-OH is 1. The van der Waals surface area contributed by atoms with Crippen LogP contribution < -0.4 is 0 Å². The molecule has 0 aliphatic carbocycles. The molecule has 0 amide bonds. The number of rotatable bonds is 13. The van der Waals surface area contributed by atoms with Crippen LogP contribution in [0.2, 0.25) is 0 Å². The molecule has 2 nitrogen and oxygen atoms in total. The molecule has 1 heterocycles. The fourth-order valence-electron chi connectivity index (χ4n) is 2.60. The summed E-state index contributed by atoms with van der Waals surface area (Å²) < 4.78 is 5.31. The van der Waals surface area contributed by atoms with Crippen molar-refractivity contribution in [1.29, 1.82) is 0 Å². The summed E-state index contributed by atoms with van der Waals surface area (Å²) >= 11 is 0. The van der Waals surface area contributed by atoms with E-state index < -0.39 is 0 Å². The summed E-state index contributed by atoms with van der Waals surface area (Å²) in [5.41, 5.74) is 0. The highest BCUT2D eigenvalue weighted by Gasteiger charge is 2.36. The molecule has 1 aliphatic rings. The summed E-state index contributed by atoms with van der Waals surface area (Å²) in [5, 5.41) is 8.83. The number of aliphatic hydroxyl groups is 1. The fourth-order valence-corrected chi connectivity index (χ4v) is 2.60. The van der Waals surface area contributed by atoms with Gasteiger partial charge in [0.25, 0.3) is 0 Å². The second-order valence-corrected chi connectivity index (χ2v) is 5.72. The van der Waals surface area contributed by atoms with E-state index in [1.807, 2.05) is 0 Å². The summed E-state index contributed by atoms with van der Waals surface area (Å²) in [5.74, 6) is 0. The van der Waals surface area contributed by atoms with E-state index in [1.165, 1.54) is 70.6 Å². The lowest BCUT2D eigenvalue weighted by Gasteiger charge is -2.02. The minimum absolute atomic E-state index is 0.174. The summed E-state index contributed by atoms with van der Waals surface area (Å²) in [6.45, 7) is 2.48. The van der Waals surface area contributed by atoms with Gasteiger partial charge in [-0.2, -0.15) is 0 Å². The quantitative estimate of drug-likeness (QED) is 0.390. The SMILES string of the molecule is CCCCCCCCCCCCC[C@H]1O[C@@H]1CO. The number of unbranched alkanes of at least 4 members (excludes halogenated alkanes) is 10. The predicted octanol–water partition coefficient (Wildman–Crippen LogP) is 4.45. The van der Waals surface area contributed by atoms with Gasteiger partial charge in [-0.05, 0) is 6.42 Å². The molecule has 1 N–H and O–H groups in total. The lowest BCUT2D eigenvalue weighted by atomic mass is 10.0. The molecule has 0 saturated carbocycles. The molecule has 1 rings (SSSR count). The maximum Gasteiger partial charge on any atom is 0.107 e. The molecule has 2 heteroatoms. The summed E-state index contributed by atoms with van der Waals surface area (Å²) in [7, 11) is 0. The van der Waals surface area contributed by atoms with Gasteiger partial charge in [0.15, 0.2) is 0 Å². The highest BCUT2D eigenvalue weighted by Crippen LogP contribution is 2.26. The van der Waals surface area contributed by atoms with Crippen molar-refractivity contribution in [2.24, 2.45) is 0 Å². The van der Waals surface area contributed by atoms with Gasteiger partial charge < -0.3 is 9.84 Å². The van der Waals surface area contributed by atoms with Crippen LogP contribution in [0.25, 0.3) is 0 Å². The van der Waals surface area contributed by atoms with Crippen LogP contribution in [0.3, 0.4) is 0 Å². The Kier molecular flexibility index (Phi) is 9.59. The molecule has 108 valence electrons. The van der Waals surface area contributed by atoms with Crippen molar-refractivity contribution in [3.8, 4) is 0 Å². The zero-order chi connectivity index (χ0) is 13.1. The molecule has 1 saturated heterocycles. The normalized spacial score (nSPS) is 22.3. The molecule has 0 bridgehead atoms. The van der Waals surface area contributed by atoms with Gasteiger partial charge in [-0.15, -0.1) is 0 Å². The highest BCUT2D eigenvalue weighted by molar-refractivity contribution is 4.83. The Labute approximate surface area is 113 Å². The van der Waals surface area contributed by atoms with Gasteiger partial charge in [0.1, 0.15) is 6.10 Å². The Hall–Kier alpha value is -0.0800. The van der Waals surface area contributed by atoms with E-state index in [0.29, 0.717) is 6.10 Å². The predicted molar refractivity (Wildman–Crippen MR) is 76.8 cm³/mol. The van der Waals surface area contributed by atoms with Crippen LogP contribution in [0.15, 0.2) is 0 Å². The lowest BCUT2D eigenvalue weighted by Crippen LogP contribution is -1.98. The van der Waals surface area contributed by atoms with Crippen LogP contribution in [0.1, 0.15) is 84.0 Å². The first kappa shape index (κ1) is 16.0. The third-order valence-corrected chi connectivity index (χ3v) is 3.96. The lowest BCUT2D eigenvalue weighted by molar-refractivity contribution is 0.241. The van der Waals surface area contributed by atoms with E-state index in [0.717, 1.165) is 6.42 Å². The van der Waals surface area contributed by atoms with Crippen molar-refractivity contribution in [3.05, 3.63) is 0 Å². The minimum Gasteiger partial charge on any atom is -0.394 e. The van der Waals surface area contributed by atoms with Gasteiger partial charge in [0, 0.05) is 0 Å². The Morgan fingerprint density at radius 2 is 1.22 bits per heavy atom. The van der Waals surface area contributed by atoms with Gasteiger partial charge in [-0.1, -0.05) is 77.6 Å². The number of ether oxygens (including phenoxy) is 1. The molecule has 0 aromatic heterocycles. The molecule has 1 aliphatic heterocycles. The molecular formula is C16H32O2. The second kappa shape index (κ2) is 10.8. The molecule has 0 aromatic carbocycles. The third-order valence-electron chi connectivity index (χ3n) is 3.96. The van der Waals surface area contributed by atoms with E-state index in [2.05, 4.69) is 6.92 Å². The van der Waals surface area contributed by atoms with Crippen LogP contribution >= 0.6 is 0 Å². The molecule has 18 heavy (non-hydrogen) atoms. The van der Waals surface area contributed by atoms with Crippen molar-refractivity contribution in [2.75, 3.05) is 6.61 Å². The highest BCUT2D eigenvalue weighted by atomic mass is 16.6. The van der Waals surface area contributed by atoms with Crippen molar-refractivity contribution in [2.45, 2.75) is 96.2 Å². The Balaban J connectivity index is 1.66. The topological polar surface area (TPSA) is 32.8 Å². The van der Waals surface area contributed by atoms with Crippen LogP contribution in [-0.4, -0.2) is 23.9 Å². The summed E-state index contributed by atoms with van der Waals surface area (Å²) in [6, 6.07) is 0.